The standard InChI is InChI=1S/C12H18N4O/c1-8-11(14-7-15-12(8)17-2)16-5-9-3-13-4-10(9)6-16/h7,9-10,13H,3-6H2,1-2H3. The van der Waals surface area contributed by atoms with E-state index in [-0.39, 0.29) is 0 Å². The van der Waals surface area contributed by atoms with Crippen molar-refractivity contribution < 1.29 is 4.74 Å². The Morgan fingerprint density at radius 3 is 2.65 bits per heavy atom. The zero-order valence-electron chi connectivity index (χ0n) is 10.3. The Labute approximate surface area is 101 Å². The van der Waals surface area contributed by atoms with Gasteiger partial charge in [0, 0.05) is 26.2 Å². The van der Waals surface area contributed by atoms with Crippen molar-refractivity contribution in [2.45, 2.75) is 6.92 Å². The summed E-state index contributed by atoms with van der Waals surface area (Å²) in [5, 5.41) is 3.45. The molecule has 1 aromatic rings. The summed E-state index contributed by atoms with van der Waals surface area (Å²) in [4.78, 5) is 10.9. The molecule has 0 spiro atoms. The highest BCUT2D eigenvalue weighted by atomic mass is 16.5. The van der Waals surface area contributed by atoms with E-state index in [2.05, 4.69) is 20.2 Å². The minimum atomic E-state index is 0.685. The van der Waals surface area contributed by atoms with Gasteiger partial charge in [-0.3, -0.25) is 0 Å². The minimum absolute atomic E-state index is 0.685. The van der Waals surface area contributed by atoms with Crippen molar-refractivity contribution in [1.29, 1.82) is 0 Å². The molecule has 0 bridgehead atoms. The second kappa shape index (κ2) is 4.14. The van der Waals surface area contributed by atoms with Gasteiger partial charge in [0.25, 0.3) is 0 Å². The third-order valence-corrected chi connectivity index (χ3v) is 3.89. The minimum Gasteiger partial charge on any atom is -0.481 e. The largest absolute Gasteiger partial charge is 0.481 e. The van der Waals surface area contributed by atoms with Gasteiger partial charge in [-0.15, -0.1) is 0 Å². The fourth-order valence-electron chi connectivity index (χ4n) is 2.98. The molecule has 92 valence electrons. The lowest BCUT2D eigenvalue weighted by Crippen LogP contribution is -2.27. The smallest absolute Gasteiger partial charge is 0.221 e. The van der Waals surface area contributed by atoms with Gasteiger partial charge in [-0.2, -0.15) is 0 Å². The number of aromatic nitrogens is 2. The normalized spacial score (nSPS) is 27.3. The van der Waals surface area contributed by atoms with Gasteiger partial charge in [-0.25, -0.2) is 9.97 Å². The molecule has 2 unspecified atom stereocenters. The average molecular weight is 234 g/mol. The molecular weight excluding hydrogens is 216 g/mol. The van der Waals surface area contributed by atoms with Crippen LogP contribution in [0.2, 0.25) is 0 Å². The summed E-state index contributed by atoms with van der Waals surface area (Å²) in [5.41, 5.74) is 1.04. The SMILES string of the molecule is COc1ncnc(N2CC3CNCC3C2)c1C. The summed E-state index contributed by atoms with van der Waals surface area (Å²) in [6, 6.07) is 0. The molecule has 0 aliphatic carbocycles. The van der Waals surface area contributed by atoms with Crippen molar-refractivity contribution in [2.24, 2.45) is 11.8 Å². The summed E-state index contributed by atoms with van der Waals surface area (Å²) in [6.45, 7) is 6.50. The Balaban J connectivity index is 1.85. The molecule has 2 aliphatic heterocycles. The number of anilines is 1. The second-order valence-corrected chi connectivity index (χ2v) is 4.91. The van der Waals surface area contributed by atoms with Gasteiger partial charge in [0.1, 0.15) is 12.1 Å². The van der Waals surface area contributed by atoms with Crippen LogP contribution in [0.1, 0.15) is 5.56 Å². The summed E-state index contributed by atoms with van der Waals surface area (Å²) in [5.74, 6) is 3.27. The van der Waals surface area contributed by atoms with E-state index in [9.17, 15) is 0 Å². The number of methoxy groups -OCH3 is 1. The Kier molecular flexibility index (Phi) is 2.63. The molecule has 5 heteroatoms. The predicted molar refractivity (Wildman–Crippen MR) is 65.4 cm³/mol. The van der Waals surface area contributed by atoms with Crippen LogP contribution < -0.4 is 15.0 Å². The van der Waals surface area contributed by atoms with E-state index in [1.54, 1.807) is 13.4 Å². The van der Waals surface area contributed by atoms with E-state index in [1.807, 2.05) is 6.92 Å². The lowest BCUT2D eigenvalue weighted by atomic mass is 10.0. The van der Waals surface area contributed by atoms with Crippen LogP contribution in [0.25, 0.3) is 0 Å². The Bertz CT molecular complexity index is 411. The monoisotopic (exact) mass is 234 g/mol. The molecule has 3 heterocycles. The van der Waals surface area contributed by atoms with Gasteiger partial charge < -0.3 is 15.0 Å². The predicted octanol–water partition coefficient (Wildman–Crippen LogP) is 0.449. The van der Waals surface area contributed by atoms with Gasteiger partial charge in [0.15, 0.2) is 0 Å². The third kappa shape index (κ3) is 1.74. The van der Waals surface area contributed by atoms with E-state index in [0.29, 0.717) is 5.88 Å². The molecule has 2 fully saturated rings. The first kappa shape index (κ1) is 10.8. The van der Waals surface area contributed by atoms with Gasteiger partial charge >= 0.3 is 0 Å². The molecule has 0 radical (unpaired) electrons. The molecule has 2 aliphatic rings. The van der Waals surface area contributed by atoms with Gasteiger partial charge in [0.05, 0.1) is 12.7 Å². The van der Waals surface area contributed by atoms with Crippen molar-refractivity contribution in [3.8, 4) is 5.88 Å². The molecular formula is C12H18N4O. The van der Waals surface area contributed by atoms with Crippen LogP contribution in [0.15, 0.2) is 6.33 Å². The molecule has 3 rings (SSSR count). The maximum atomic E-state index is 5.25. The van der Waals surface area contributed by atoms with Crippen LogP contribution in [0.3, 0.4) is 0 Å². The molecule has 0 aromatic carbocycles. The van der Waals surface area contributed by atoms with E-state index in [4.69, 9.17) is 4.74 Å². The number of nitrogens with one attached hydrogen (secondary N) is 1. The summed E-state index contributed by atoms with van der Waals surface area (Å²) in [6.07, 6.45) is 1.59. The number of hydrogen-bond donors (Lipinski definition) is 1. The highest BCUT2D eigenvalue weighted by Crippen LogP contribution is 2.32. The zero-order chi connectivity index (χ0) is 11.8. The summed E-state index contributed by atoms with van der Waals surface area (Å²) >= 11 is 0. The Hall–Kier alpha value is -1.36. The van der Waals surface area contributed by atoms with E-state index in [1.165, 1.54) is 0 Å². The lowest BCUT2D eigenvalue weighted by Gasteiger charge is -2.20. The fourth-order valence-corrected chi connectivity index (χ4v) is 2.98. The van der Waals surface area contributed by atoms with Crippen LogP contribution in [0.5, 0.6) is 5.88 Å². The van der Waals surface area contributed by atoms with Crippen molar-refractivity contribution in [2.75, 3.05) is 38.2 Å². The topological polar surface area (TPSA) is 50.3 Å². The number of hydrogen-bond acceptors (Lipinski definition) is 5. The van der Waals surface area contributed by atoms with Crippen molar-refractivity contribution in [3.63, 3.8) is 0 Å². The molecule has 2 saturated heterocycles. The average Bonchev–Trinajstić information content (AvgIpc) is 2.89. The highest BCUT2D eigenvalue weighted by Gasteiger charge is 2.37. The van der Waals surface area contributed by atoms with E-state index >= 15 is 0 Å². The maximum Gasteiger partial charge on any atom is 0.221 e. The number of rotatable bonds is 2. The lowest BCUT2D eigenvalue weighted by molar-refractivity contribution is 0.393. The molecule has 0 amide bonds. The van der Waals surface area contributed by atoms with Crippen LogP contribution in [-0.4, -0.2) is 43.3 Å². The second-order valence-electron chi connectivity index (χ2n) is 4.91. The number of nitrogens with zero attached hydrogens (tertiary/aromatic N) is 3. The third-order valence-electron chi connectivity index (χ3n) is 3.89. The van der Waals surface area contributed by atoms with Crippen molar-refractivity contribution >= 4 is 5.82 Å². The first-order chi connectivity index (χ1) is 8.29. The Morgan fingerprint density at radius 1 is 1.29 bits per heavy atom. The van der Waals surface area contributed by atoms with Gasteiger partial charge in [0.2, 0.25) is 5.88 Å². The summed E-state index contributed by atoms with van der Waals surface area (Å²) in [7, 11) is 1.65. The zero-order valence-corrected chi connectivity index (χ0v) is 10.3. The first-order valence-electron chi connectivity index (χ1n) is 6.11. The first-order valence-corrected chi connectivity index (χ1v) is 6.11. The van der Waals surface area contributed by atoms with E-state index < -0.39 is 0 Å². The van der Waals surface area contributed by atoms with Gasteiger partial charge in [-0.05, 0) is 18.8 Å². The van der Waals surface area contributed by atoms with E-state index in [0.717, 1.165) is 49.4 Å². The molecule has 0 saturated carbocycles. The highest BCUT2D eigenvalue weighted by molar-refractivity contribution is 5.51. The van der Waals surface area contributed by atoms with Crippen LogP contribution >= 0.6 is 0 Å². The van der Waals surface area contributed by atoms with Crippen LogP contribution in [0, 0.1) is 18.8 Å². The van der Waals surface area contributed by atoms with Crippen LogP contribution in [0.4, 0.5) is 5.82 Å². The number of ether oxygens (including phenoxy) is 1. The number of fused-ring (bicyclic) bond motifs is 1. The molecule has 17 heavy (non-hydrogen) atoms. The van der Waals surface area contributed by atoms with Crippen molar-refractivity contribution in [1.82, 2.24) is 15.3 Å². The molecule has 1 N–H and O–H groups in total. The quantitative estimate of drug-likeness (QED) is 0.805. The fraction of sp³-hybridized carbons (Fsp3) is 0.667. The molecule has 1 aromatic heterocycles. The molecule has 5 nitrogen and oxygen atoms in total. The summed E-state index contributed by atoms with van der Waals surface area (Å²) < 4.78 is 5.25. The van der Waals surface area contributed by atoms with Crippen molar-refractivity contribution in [3.05, 3.63) is 11.9 Å². The molecule has 2 atom stereocenters. The van der Waals surface area contributed by atoms with Crippen LogP contribution in [-0.2, 0) is 0 Å². The Morgan fingerprint density at radius 2 is 2.00 bits per heavy atom. The maximum absolute atomic E-state index is 5.25. The van der Waals surface area contributed by atoms with Gasteiger partial charge in [-0.1, -0.05) is 0 Å².